The summed E-state index contributed by atoms with van der Waals surface area (Å²) in [5.74, 6) is 1.47. The highest BCUT2D eigenvalue weighted by atomic mass is 16.5. The predicted octanol–water partition coefficient (Wildman–Crippen LogP) is -0.198. The van der Waals surface area contributed by atoms with E-state index in [9.17, 15) is 0 Å². The van der Waals surface area contributed by atoms with Gasteiger partial charge in [0.25, 0.3) is 0 Å². The molecule has 0 fully saturated rings. The van der Waals surface area contributed by atoms with Gasteiger partial charge in [0.2, 0.25) is 5.89 Å². The third kappa shape index (κ3) is 3.10. The minimum atomic E-state index is 0.343. The summed E-state index contributed by atoms with van der Waals surface area (Å²) in [6, 6.07) is 0. The van der Waals surface area contributed by atoms with Crippen LogP contribution in [0.4, 0.5) is 0 Å². The second-order valence-electron chi connectivity index (χ2n) is 2.46. The molecule has 0 aromatic carbocycles. The number of nitrogens with two attached hydrogens (primary N) is 1. The summed E-state index contributed by atoms with van der Waals surface area (Å²) in [5.41, 5.74) is 5.49. The van der Waals surface area contributed by atoms with Crippen LogP contribution in [-0.4, -0.2) is 22.6 Å². The molecule has 0 saturated carbocycles. The Morgan fingerprint density at radius 1 is 1.69 bits per heavy atom. The molecule has 6 nitrogen and oxygen atoms in total. The maximum absolute atomic E-state index is 5.49. The molecule has 0 radical (unpaired) electrons. The zero-order valence-corrected chi connectivity index (χ0v) is 7.74. The summed E-state index contributed by atoms with van der Waals surface area (Å²) in [6.07, 6.45) is 0. The van der Waals surface area contributed by atoms with E-state index in [-0.39, 0.29) is 0 Å². The molecule has 0 spiro atoms. The fourth-order valence-corrected chi connectivity index (χ4v) is 0.798. The van der Waals surface area contributed by atoms with Gasteiger partial charge in [0.05, 0.1) is 0 Å². The van der Waals surface area contributed by atoms with E-state index in [4.69, 9.17) is 10.3 Å². The predicted molar refractivity (Wildman–Crippen MR) is 48.0 cm³/mol. The van der Waals surface area contributed by atoms with Crippen molar-refractivity contribution in [3.63, 3.8) is 0 Å². The van der Waals surface area contributed by atoms with Gasteiger partial charge >= 0.3 is 0 Å². The summed E-state index contributed by atoms with van der Waals surface area (Å²) < 4.78 is 4.77. The average molecular weight is 183 g/mol. The van der Waals surface area contributed by atoms with Gasteiger partial charge in [-0.2, -0.15) is 4.98 Å². The van der Waals surface area contributed by atoms with Gasteiger partial charge < -0.3 is 15.6 Å². The van der Waals surface area contributed by atoms with Crippen molar-refractivity contribution < 1.29 is 4.52 Å². The summed E-state index contributed by atoms with van der Waals surface area (Å²) in [6.45, 7) is 4.77. The maximum Gasteiger partial charge on any atom is 0.223 e. The minimum Gasteiger partial charge on any atom is -0.370 e. The minimum absolute atomic E-state index is 0.343. The fraction of sp³-hybridized carbons (Fsp3) is 0.571. The third-order valence-electron chi connectivity index (χ3n) is 1.32. The fourth-order valence-electron chi connectivity index (χ4n) is 0.798. The average Bonchev–Trinajstić information content (AvgIpc) is 2.49. The number of rotatable bonds is 3. The lowest BCUT2D eigenvalue weighted by Gasteiger charge is -1.98. The zero-order valence-electron chi connectivity index (χ0n) is 7.74. The molecule has 0 saturated heterocycles. The van der Waals surface area contributed by atoms with Crippen LogP contribution in [0.5, 0.6) is 0 Å². The second-order valence-corrected chi connectivity index (χ2v) is 2.46. The molecule has 0 aliphatic heterocycles. The molecule has 1 aromatic rings. The largest absolute Gasteiger partial charge is 0.370 e. The second kappa shape index (κ2) is 4.44. The Bertz CT molecular complexity index is 293. The Morgan fingerprint density at radius 2 is 2.46 bits per heavy atom. The Hall–Kier alpha value is -1.59. The van der Waals surface area contributed by atoms with Gasteiger partial charge in [-0.05, 0) is 6.92 Å². The highest BCUT2D eigenvalue weighted by Gasteiger charge is 1.99. The molecule has 1 aromatic heterocycles. The number of nitrogens with one attached hydrogen (secondary N) is 1. The molecule has 0 aliphatic rings. The first kappa shape index (κ1) is 9.50. The van der Waals surface area contributed by atoms with E-state index in [0.717, 1.165) is 6.54 Å². The van der Waals surface area contributed by atoms with Crippen LogP contribution in [0.15, 0.2) is 9.52 Å². The Morgan fingerprint density at radius 3 is 3.00 bits per heavy atom. The van der Waals surface area contributed by atoms with Crippen molar-refractivity contribution in [1.29, 1.82) is 0 Å². The van der Waals surface area contributed by atoms with Crippen LogP contribution >= 0.6 is 0 Å². The number of guanidine groups is 1. The number of aromatic nitrogens is 2. The van der Waals surface area contributed by atoms with E-state index in [0.29, 0.717) is 24.2 Å². The van der Waals surface area contributed by atoms with Gasteiger partial charge in [0.15, 0.2) is 11.8 Å². The van der Waals surface area contributed by atoms with Crippen LogP contribution < -0.4 is 11.1 Å². The first-order valence-electron chi connectivity index (χ1n) is 4.05. The Kier molecular flexibility index (Phi) is 3.24. The molecule has 0 aliphatic carbocycles. The monoisotopic (exact) mass is 183 g/mol. The molecule has 3 N–H and O–H groups in total. The van der Waals surface area contributed by atoms with E-state index in [1.165, 1.54) is 0 Å². The lowest BCUT2D eigenvalue weighted by molar-refractivity contribution is 0.387. The van der Waals surface area contributed by atoms with Crippen molar-refractivity contribution in [2.75, 3.05) is 6.54 Å². The van der Waals surface area contributed by atoms with Gasteiger partial charge in [-0.3, -0.25) is 0 Å². The molecule has 0 amide bonds. The highest BCUT2D eigenvalue weighted by molar-refractivity contribution is 5.77. The summed E-state index contributed by atoms with van der Waals surface area (Å²) in [4.78, 5) is 7.97. The van der Waals surface area contributed by atoms with Crippen LogP contribution in [0.25, 0.3) is 0 Å². The molecular formula is C7H13N5O. The Labute approximate surface area is 76.2 Å². The van der Waals surface area contributed by atoms with Gasteiger partial charge in [0.1, 0.15) is 6.54 Å². The highest BCUT2D eigenvalue weighted by Crippen LogP contribution is 1.95. The van der Waals surface area contributed by atoms with Gasteiger partial charge in [-0.1, -0.05) is 5.16 Å². The summed E-state index contributed by atoms with van der Waals surface area (Å²) >= 11 is 0. The van der Waals surface area contributed by atoms with E-state index in [2.05, 4.69) is 20.4 Å². The van der Waals surface area contributed by atoms with E-state index >= 15 is 0 Å². The van der Waals surface area contributed by atoms with E-state index in [1.807, 2.05) is 6.92 Å². The van der Waals surface area contributed by atoms with Crippen molar-refractivity contribution in [3.05, 3.63) is 11.7 Å². The zero-order chi connectivity index (χ0) is 9.68. The summed E-state index contributed by atoms with van der Waals surface area (Å²) in [5, 5.41) is 6.54. The topological polar surface area (TPSA) is 89.3 Å². The molecule has 0 unspecified atom stereocenters. The van der Waals surface area contributed by atoms with Crippen LogP contribution in [0.1, 0.15) is 18.6 Å². The molecule has 0 bridgehead atoms. The number of hydrogen-bond donors (Lipinski definition) is 2. The van der Waals surface area contributed by atoms with Gasteiger partial charge in [0, 0.05) is 13.5 Å². The van der Waals surface area contributed by atoms with Crippen LogP contribution in [-0.2, 0) is 6.54 Å². The van der Waals surface area contributed by atoms with Crippen molar-refractivity contribution in [3.8, 4) is 0 Å². The third-order valence-corrected chi connectivity index (χ3v) is 1.32. The summed E-state index contributed by atoms with van der Waals surface area (Å²) in [7, 11) is 0. The normalized spacial score (nSPS) is 11.7. The molecule has 0 atom stereocenters. The van der Waals surface area contributed by atoms with Crippen LogP contribution in [0, 0.1) is 6.92 Å². The molecule has 1 heterocycles. The van der Waals surface area contributed by atoms with Crippen molar-refractivity contribution in [2.24, 2.45) is 10.7 Å². The SMILES string of the molecule is CCNC(N)=NCc1noc(C)n1. The Balaban J connectivity index is 2.46. The first-order valence-corrected chi connectivity index (χ1v) is 4.05. The van der Waals surface area contributed by atoms with Crippen molar-refractivity contribution in [2.45, 2.75) is 20.4 Å². The first-order chi connectivity index (χ1) is 6.22. The molecule has 6 heteroatoms. The standard InChI is InChI=1S/C7H13N5O/c1-3-9-7(8)10-4-6-11-5(2)13-12-6/h3-4H2,1-2H3,(H3,8,9,10). The quantitative estimate of drug-likeness (QED) is 0.500. The number of aryl methyl sites for hydroxylation is 1. The molecular weight excluding hydrogens is 170 g/mol. The van der Waals surface area contributed by atoms with Gasteiger partial charge in [-0.25, -0.2) is 4.99 Å². The number of hydrogen-bond acceptors (Lipinski definition) is 4. The molecule has 72 valence electrons. The van der Waals surface area contributed by atoms with Crippen molar-refractivity contribution >= 4 is 5.96 Å². The number of aliphatic imine (C=N–C) groups is 1. The van der Waals surface area contributed by atoms with Gasteiger partial charge in [-0.15, -0.1) is 0 Å². The lowest BCUT2D eigenvalue weighted by atomic mass is 10.6. The van der Waals surface area contributed by atoms with E-state index in [1.54, 1.807) is 6.92 Å². The lowest BCUT2D eigenvalue weighted by Crippen LogP contribution is -2.31. The number of nitrogens with zero attached hydrogens (tertiary/aromatic N) is 3. The molecule has 1 rings (SSSR count). The van der Waals surface area contributed by atoms with E-state index < -0.39 is 0 Å². The maximum atomic E-state index is 5.49. The van der Waals surface area contributed by atoms with Crippen molar-refractivity contribution in [1.82, 2.24) is 15.5 Å². The van der Waals surface area contributed by atoms with Crippen LogP contribution in [0.2, 0.25) is 0 Å². The molecule has 13 heavy (non-hydrogen) atoms. The van der Waals surface area contributed by atoms with Crippen LogP contribution in [0.3, 0.4) is 0 Å². The smallest absolute Gasteiger partial charge is 0.223 e.